The second-order valence-electron chi connectivity index (χ2n) is 7.33. The summed E-state index contributed by atoms with van der Waals surface area (Å²) < 4.78 is 3.60. The van der Waals surface area contributed by atoms with Crippen LogP contribution in [0.2, 0.25) is 0 Å². The first-order valence-corrected chi connectivity index (χ1v) is 9.16. The van der Waals surface area contributed by atoms with E-state index >= 15 is 0 Å². The molecule has 8 nitrogen and oxygen atoms in total. The predicted octanol–water partition coefficient (Wildman–Crippen LogP) is 1.98. The molecule has 0 N–H and O–H groups in total. The summed E-state index contributed by atoms with van der Waals surface area (Å²) in [5.74, 6) is -0.00130. The SMILES string of the molecule is Cc1cc2ncc3c(n2n1)C[C@H]1CC[C@H]3N1C(=O)c1cnn2cccnc12. The number of nitrogens with zero attached hydrogens (tertiary/aromatic N) is 7. The fourth-order valence-corrected chi connectivity index (χ4v) is 4.63. The molecule has 0 saturated carbocycles. The molecule has 0 aliphatic carbocycles. The number of amides is 1. The van der Waals surface area contributed by atoms with Gasteiger partial charge in [0.2, 0.25) is 0 Å². The molecular formula is C19H17N7O. The van der Waals surface area contributed by atoms with Crippen molar-refractivity contribution < 1.29 is 4.79 Å². The maximum atomic E-state index is 13.4. The molecule has 6 rings (SSSR count). The van der Waals surface area contributed by atoms with Gasteiger partial charge in [-0.25, -0.2) is 19.0 Å². The third-order valence-corrected chi connectivity index (χ3v) is 5.77. The lowest BCUT2D eigenvalue weighted by atomic mass is 9.98. The number of aryl methyl sites for hydroxylation is 1. The molecule has 0 unspecified atom stereocenters. The minimum atomic E-state index is -0.00130. The Hall–Kier alpha value is -3.29. The smallest absolute Gasteiger partial charge is 0.260 e. The van der Waals surface area contributed by atoms with Crippen LogP contribution in [0.1, 0.15) is 46.2 Å². The highest BCUT2D eigenvalue weighted by Gasteiger charge is 2.44. The number of aromatic nitrogens is 6. The van der Waals surface area contributed by atoms with E-state index < -0.39 is 0 Å². The summed E-state index contributed by atoms with van der Waals surface area (Å²) in [7, 11) is 0. The van der Waals surface area contributed by atoms with Crippen molar-refractivity contribution in [3.63, 3.8) is 0 Å². The minimum Gasteiger partial charge on any atom is -0.328 e. The van der Waals surface area contributed by atoms with Gasteiger partial charge < -0.3 is 4.90 Å². The average Bonchev–Trinajstić information content (AvgIpc) is 3.35. The van der Waals surface area contributed by atoms with E-state index in [1.807, 2.05) is 28.6 Å². The Morgan fingerprint density at radius 3 is 3.07 bits per heavy atom. The first-order chi connectivity index (χ1) is 13.2. The Kier molecular flexibility index (Phi) is 2.81. The van der Waals surface area contributed by atoms with Gasteiger partial charge in [0.05, 0.1) is 23.6 Å². The van der Waals surface area contributed by atoms with Gasteiger partial charge in [-0.05, 0) is 25.8 Å². The summed E-state index contributed by atoms with van der Waals surface area (Å²) in [4.78, 5) is 24.3. The molecule has 4 aromatic heterocycles. The van der Waals surface area contributed by atoms with Crippen molar-refractivity contribution in [1.29, 1.82) is 0 Å². The van der Waals surface area contributed by atoms with Gasteiger partial charge >= 0.3 is 0 Å². The van der Waals surface area contributed by atoms with E-state index in [4.69, 9.17) is 0 Å². The Bertz CT molecular complexity index is 1220. The highest BCUT2D eigenvalue weighted by atomic mass is 16.2. The van der Waals surface area contributed by atoms with Gasteiger partial charge in [-0.3, -0.25) is 4.79 Å². The lowest BCUT2D eigenvalue weighted by Crippen LogP contribution is -2.42. The topological polar surface area (TPSA) is 80.7 Å². The Morgan fingerprint density at radius 2 is 2.15 bits per heavy atom. The number of fused-ring (bicyclic) bond motifs is 7. The summed E-state index contributed by atoms with van der Waals surface area (Å²) in [6.45, 7) is 1.98. The van der Waals surface area contributed by atoms with Gasteiger partial charge in [0.1, 0.15) is 5.56 Å². The van der Waals surface area contributed by atoms with Crippen LogP contribution in [0.15, 0.2) is 36.9 Å². The maximum Gasteiger partial charge on any atom is 0.260 e. The van der Waals surface area contributed by atoms with Crippen LogP contribution in [0.25, 0.3) is 11.3 Å². The zero-order valence-corrected chi connectivity index (χ0v) is 14.8. The summed E-state index contributed by atoms with van der Waals surface area (Å²) in [6, 6.07) is 4.00. The lowest BCUT2D eigenvalue weighted by Gasteiger charge is -2.36. The molecule has 2 aliphatic rings. The molecular weight excluding hydrogens is 342 g/mol. The Labute approximate surface area is 154 Å². The normalized spacial score (nSPS) is 21.1. The van der Waals surface area contributed by atoms with Gasteiger partial charge in [0, 0.05) is 42.7 Å². The largest absolute Gasteiger partial charge is 0.328 e. The number of carbonyl (C=O) groups excluding carboxylic acids is 1. The van der Waals surface area contributed by atoms with Crippen molar-refractivity contribution in [3.8, 4) is 0 Å². The van der Waals surface area contributed by atoms with Crippen molar-refractivity contribution in [2.45, 2.75) is 38.3 Å². The fourth-order valence-electron chi connectivity index (χ4n) is 4.63. The zero-order chi connectivity index (χ0) is 18.1. The Morgan fingerprint density at radius 1 is 1.22 bits per heavy atom. The van der Waals surface area contributed by atoms with E-state index in [1.165, 1.54) is 5.69 Å². The van der Waals surface area contributed by atoms with Crippen molar-refractivity contribution in [3.05, 3.63) is 59.4 Å². The van der Waals surface area contributed by atoms with Gasteiger partial charge in [0.25, 0.3) is 5.91 Å². The van der Waals surface area contributed by atoms with E-state index in [-0.39, 0.29) is 18.0 Å². The summed E-state index contributed by atoms with van der Waals surface area (Å²) in [6.07, 6.45) is 9.77. The number of hydrogen-bond acceptors (Lipinski definition) is 5. The highest BCUT2D eigenvalue weighted by molar-refractivity contribution is 6.00. The van der Waals surface area contributed by atoms with Gasteiger partial charge in [0.15, 0.2) is 11.3 Å². The van der Waals surface area contributed by atoms with Crippen molar-refractivity contribution in [2.24, 2.45) is 0 Å². The second-order valence-corrected chi connectivity index (χ2v) is 7.33. The Balaban J connectivity index is 1.46. The number of carbonyl (C=O) groups is 1. The van der Waals surface area contributed by atoms with Crippen LogP contribution >= 0.6 is 0 Å². The van der Waals surface area contributed by atoms with Crippen LogP contribution in [0.5, 0.6) is 0 Å². The minimum absolute atomic E-state index is 0.00130. The molecule has 4 aromatic rings. The van der Waals surface area contributed by atoms with Crippen molar-refractivity contribution in [1.82, 2.24) is 34.1 Å². The first-order valence-electron chi connectivity index (χ1n) is 9.16. The molecule has 0 spiro atoms. The predicted molar refractivity (Wildman–Crippen MR) is 96.3 cm³/mol. The van der Waals surface area contributed by atoms with Gasteiger partial charge in [-0.15, -0.1) is 0 Å². The first kappa shape index (κ1) is 14.8. The average molecular weight is 359 g/mol. The molecule has 1 amide bonds. The molecule has 1 saturated heterocycles. The van der Waals surface area contributed by atoms with Crippen LogP contribution in [0.3, 0.4) is 0 Å². The van der Waals surface area contributed by atoms with E-state index in [9.17, 15) is 4.79 Å². The van der Waals surface area contributed by atoms with E-state index in [0.29, 0.717) is 11.2 Å². The van der Waals surface area contributed by atoms with Crippen LogP contribution in [0, 0.1) is 6.92 Å². The van der Waals surface area contributed by atoms with Gasteiger partial charge in [-0.2, -0.15) is 10.2 Å². The molecule has 2 atom stereocenters. The standard InChI is InChI=1S/C19H17N7O/c1-11-7-17-21-9-13-15-4-3-12(8-16(13)26(17)23-11)25(15)19(27)14-10-22-24-6-2-5-20-18(14)24/h2,5-7,9-10,12,15H,3-4,8H2,1H3/t12-,15-/m1/s1. The summed E-state index contributed by atoms with van der Waals surface area (Å²) >= 11 is 0. The molecule has 0 aromatic carbocycles. The highest BCUT2D eigenvalue weighted by Crippen LogP contribution is 2.44. The zero-order valence-electron chi connectivity index (χ0n) is 14.8. The van der Waals surface area contributed by atoms with Gasteiger partial charge in [-0.1, -0.05) is 0 Å². The summed E-state index contributed by atoms with van der Waals surface area (Å²) in [5, 5.41) is 8.88. The van der Waals surface area contributed by atoms with Crippen LogP contribution in [-0.2, 0) is 6.42 Å². The van der Waals surface area contributed by atoms with Crippen LogP contribution in [-0.4, -0.2) is 46.0 Å². The van der Waals surface area contributed by atoms with E-state index in [0.717, 1.165) is 36.2 Å². The van der Waals surface area contributed by atoms with E-state index in [2.05, 4.69) is 20.2 Å². The maximum absolute atomic E-state index is 13.4. The monoisotopic (exact) mass is 359 g/mol. The molecule has 1 fully saturated rings. The van der Waals surface area contributed by atoms with Crippen LogP contribution < -0.4 is 0 Å². The molecule has 6 heterocycles. The summed E-state index contributed by atoms with van der Waals surface area (Å²) in [5.41, 5.74) is 5.28. The van der Waals surface area contributed by atoms with Crippen molar-refractivity contribution in [2.75, 3.05) is 0 Å². The van der Waals surface area contributed by atoms with E-state index in [1.54, 1.807) is 29.2 Å². The lowest BCUT2D eigenvalue weighted by molar-refractivity contribution is 0.0644. The third kappa shape index (κ3) is 1.95. The molecule has 2 aliphatic heterocycles. The number of hydrogen-bond donors (Lipinski definition) is 0. The molecule has 0 radical (unpaired) electrons. The second kappa shape index (κ2) is 5.12. The number of rotatable bonds is 1. The molecule has 27 heavy (non-hydrogen) atoms. The molecule has 134 valence electrons. The molecule has 2 bridgehead atoms. The molecule has 8 heteroatoms. The van der Waals surface area contributed by atoms with Crippen LogP contribution in [0.4, 0.5) is 0 Å². The van der Waals surface area contributed by atoms with Crippen molar-refractivity contribution >= 4 is 17.2 Å². The fraction of sp³-hybridized carbons (Fsp3) is 0.316. The quantitative estimate of drug-likeness (QED) is 0.519. The third-order valence-electron chi connectivity index (χ3n) is 5.77.